The van der Waals surface area contributed by atoms with Crippen molar-refractivity contribution in [1.82, 2.24) is 24.0 Å². The molecule has 3 aromatic rings. The van der Waals surface area contributed by atoms with Crippen LogP contribution in [0.2, 0.25) is 25.7 Å². The summed E-state index contributed by atoms with van der Waals surface area (Å²) in [5, 5.41) is 9.23. The Kier molecular flexibility index (Phi) is 7.14. The third kappa shape index (κ3) is 5.65. The number of fused-ring (bicyclic) bond motifs is 1. The highest BCUT2D eigenvalue weighted by Gasteiger charge is 2.26. The maximum absolute atomic E-state index is 12.3. The third-order valence-corrected chi connectivity index (χ3v) is 8.38. The molecule has 0 aliphatic carbocycles. The van der Waals surface area contributed by atoms with E-state index in [9.17, 15) is 14.7 Å². The molecule has 0 bridgehead atoms. The molecule has 0 saturated carbocycles. The zero-order valence-electron chi connectivity index (χ0n) is 21.2. The molecule has 0 spiro atoms. The number of pyridine rings is 1. The lowest BCUT2D eigenvalue weighted by molar-refractivity contribution is 0.0912. The van der Waals surface area contributed by atoms with Gasteiger partial charge in [-0.05, 0) is 37.9 Å². The van der Waals surface area contributed by atoms with E-state index >= 15 is 0 Å². The highest BCUT2D eigenvalue weighted by atomic mass is 28.3. The van der Waals surface area contributed by atoms with Crippen LogP contribution >= 0.6 is 0 Å². The van der Waals surface area contributed by atoms with Crippen molar-refractivity contribution in [2.75, 3.05) is 19.7 Å². The predicted octanol–water partition coefficient (Wildman–Crippen LogP) is 4.28. The van der Waals surface area contributed by atoms with Gasteiger partial charge in [-0.25, -0.2) is 14.8 Å². The van der Waals surface area contributed by atoms with E-state index in [2.05, 4.69) is 29.2 Å². The Bertz CT molecular complexity index is 1260. The fourth-order valence-corrected chi connectivity index (χ4v) is 5.27. The van der Waals surface area contributed by atoms with Crippen LogP contribution in [0.1, 0.15) is 30.1 Å². The smallest absolute Gasteiger partial charge is 0.407 e. The highest BCUT2D eigenvalue weighted by molar-refractivity contribution is 6.76. The lowest BCUT2D eigenvalue weighted by Gasteiger charge is -2.29. The molecule has 0 radical (unpaired) electrons. The molecule has 0 unspecified atom stereocenters. The number of amides is 1. The Morgan fingerprint density at radius 3 is 2.57 bits per heavy atom. The molecule has 9 nitrogen and oxygen atoms in total. The molecule has 0 aromatic carbocycles. The van der Waals surface area contributed by atoms with Gasteiger partial charge >= 0.3 is 6.09 Å². The van der Waals surface area contributed by atoms with Crippen LogP contribution in [-0.4, -0.2) is 63.0 Å². The Balaban J connectivity index is 1.68. The lowest BCUT2D eigenvalue weighted by atomic mass is 9.96. The number of aryl methyl sites for hydroxylation is 2. The molecule has 1 amide bonds. The van der Waals surface area contributed by atoms with Crippen molar-refractivity contribution in [3.05, 3.63) is 46.3 Å². The molecule has 0 atom stereocenters. The SMILES string of the molecule is Cc1cc(-c2cc3nc(C4CCN(C(=O)O)CC4)ncc3n2COCC[Si](C)(C)C)cn(C)c1=O. The van der Waals surface area contributed by atoms with Crippen molar-refractivity contribution in [1.29, 1.82) is 0 Å². The van der Waals surface area contributed by atoms with Crippen molar-refractivity contribution in [3.63, 3.8) is 0 Å². The molecule has 188 valence electrons. The summed E-state index contributed by atoms with van der Waals surface area (Å²) in [7, 11) is 0.554. The van der Waals surface area contributed by atoms with Crippen LogP contribution in [-0.2, 0) is 18.5 Å². The van der Waals surface area contributed by atoms with Crippen molar-refractivity contribution in [2.24, 2.45) is 7.05 Å². The topological polar surface area (TPSA) is 102 Å². The molecular weight excluding hydrogens is 462 g/mol. The maximum Gasteiger partial charge on any atom is 0.407 e. The van der Waals surface area contributed by atoms with E-state index < -0.39 is 14.2 Å². The molecule has 1 aliphatic rings. The first-order valence-electron chi connectivity index (χ1n) is 12.1. The highest BCUT2D eigenvalue weighted by Crippen LogP contribution is 2.30. The first kappa shape index (κ1) is 25.1. The summed E-state index contributed by atoms with van der Waals surface area (Å²) in [6, 6.07) is 5.02. The zero-order valence-corrected chi connectivity index (χ0v) is 22.2. The number of carboxylic acid groups (broad SMARTS) is 1. The van der Waals surface area contributed by atoms with Crippen LogP contribution in [0.5, 0.6) is 0 Å². The number of hydrogen-bond donors (Lipinski definition) is 1. The summed E-state index contributed by atoms with van der Waals surface area (Å²) >= 11 is 0. The molecule has 1 fully saturated rings. The van der Waals surface area contributed by atoms with Crippen LogP contribution in [0.25, 0.3) is 22.3 Å². The van der Waals surface area contributed by atoms with Crippen molar-refractivity contribution in [3.8, 4) is 11.3 Å². The summed E-state index contributed by atoms with van der Waals surface area (Å²) in [4.78, 5) is 34.5. The number of rotatable bonds is 7. The molecule has 35 heavy (non-hydrogen) atoms. The average Bonchev–Trinajstić information content (AvgIpc) is 3.17. The van der Waals surface area contributed by atoms with Crippen molar-refractivity contribution >= 4 is 25.2 Å². The average molecular weight is 498 g/mol. The van der Waals surface area contributed by atoms with E-state index in [0.29, 0.717) is 44.8 Å². The summed E-state index contributed by atoms with van der Waals surface area (Å²) in [5.41, 5.74) is 4.22. The van der Waals surface area contributed by atoms with Gasteiger partial charge in [0.2, 0.25) is 0 Å². The molecule has 1 saturated heterocycles. The number of aromatic nitrogens is 4. The van der Waals surface area contributed by atoms with Crippen LogP contribution in [0.4, 0.5) is 4.79 Å². The van der Waals surface area contributed by atoms with Crippen LogP contribution < -0.4 is 5.56 Å². The molecule has 1 N–H and O–H groups in total. The van der Waals surface area contributed by atoms with E-state index in [1.807, 2.05) is 31.5 Å². The van der Waals surface area contributed by atoms with Gasteiger partial charge < -0.3 is 23.9 Å². The van der Waals surface area contributed by atoms with E-state index in [1.54, 1.807) is 11.6 Å². The normalized spacial score (nSPS) is 15.2. The fraction of sp³-hybridized carbons (Fsp3) is 0.520. The number of ether oxygens (including phenoxy) is 1. The molecule has 10 heteroatoms. The van der Waals surface area contributed by atoms with Gasteiger partial charge in [0.25, 0.3) is 5.56 Å². The first-order valence-corrected chi connectivity index (χ1v) is 15.8. The summed E-state index contributed by atoms with van der Waals surface area (Å²) in [6.45, 7) is 10.9. The van der Waals surface area contributed by atoms with Crippen LogP contribution in [0.15, 0.2) is 29.3 Å². The second-order valence-electron chi connectivity index (χ2n) is 10.7. The summed E-state index contributed by atoms with van der Waals surface area (Å²) in [6.07, 6.45) is 4.25. The Morgan fingerprint density at radius 2 is 1.94 bits per heavy atom. The number of piperidine rings is 1. The maximum atomic E-state index is 12.3. The minimum absolute atomic E-state index is 0.0161. The van der Waals surface area contributed by atoms with Crippen molar-refractivity contribution in [2.45, 2.75) is 58.1 Å². The van der Waals surface area contributed by atoms with E-state index in [1.165, 1.54) is 4.90 Å². The van der Waals surface area contributed by atoms with Gasteiger partial charge in [0.1, 0.15) is 12.6 Å². The van der Waals surface area contributed by atoms with Crippen molar-refractivity contribution < 1.29 is 14.6 Å². The number of likely N-dealkylation sites (tertiary alicyclic amines) is 1. The molecule has 1 aliphatic heterocycles. The second-order valence-corrected chi connectivity index (χ2v) is 16.3. The fourth-order valence-electron chi connectivity index (χ4n) is 4.51. The van der Waals surface area contributed by atoms with Gasteiger partial charge in [0, 0.05) is 58.1 Å². The molecular formula is C25H35N5O4Si. The molecule has 4 heterocycles. The van der Waals surface area contributed by atoms with Gasteiger partial charge in [-0.1, -0.05) is 19.6 Å². The van der Waals surface area contributed by atoms with Crippen LogP contribution in [0.3, 0.4) is 0 Å². The van der Waals surface area contributed by atoms with E-state index in [4.69, 9.17) is 9.72 Å². The summed E-state index contributed by atoms with van der Waals surface area (Å²) in [5.74, 6) is 0.886. The first-order chi connectivity index (χ1) is 16.5. The van der Waals surface area contributed by atoms with Gasteiger partial charge in [0.15, 0.2) is 0 Å². The van der Waals surface area contributed by atoms with Crippen LogP contribution in [0, 0.1) is 6.92 Å². The Hall–Kier alpha value is -2.98. The number of hydrogen-bond acceptors (Lipinski definition) is 5. The number of carbonyl (C=O) groups is 1. The van der Waals surface area contributed by atoms with Gasteiger partial charge in [-0.3, -0.25) is 4.79 Å². The summed E-state index contributed by atoms with van der Waals surface area (Å²) < 4.78 is 9.78. The van der Waals surface area contributed by atoms with Gasteiger partial charge in [0.05, 0.1) is 22.9 Å². The predicted molar refractivity (Wildman–Crippen MR) is 139 cm³/mol. The van der Waals surface area contributed by atoms with E-state index in [-0.39, 0.29) is 11.5 Å². The zero-order chi connectivity index (χ0) is 25.3. The standard InChI is InChI=1S/C25H35N5O4Si/c1-17-12-19(15-28(2)24(17)31)21-13-20-22(30(21)16-34-10-11-35(3,4)5)14-26-23(27-20)18-6-8-29(9-7-18)25(32)33/h12-15,18H,6-11,16H2,1-5H3,(H,32,33). The lowest BCUT2D eigenvalue weighted by Crippen LogP contribution is -2.37. The molecule has 3 aromatic heterocycles. The quantitative estimate of drug-likeness (QED) is 0.386. The Morgan fingerprint density at radius 1 is 1.23 bits per heavy atom. The minimum atomic E-state index is -1.21. The van der Waals surface area contributed by atoms with E-state index in [0.717, 1.165) is 34.2 Å². The Labute approximate surface area is 206 Å². The van der Waals surface area contributed by atoms with Gasteiger partial charge in [-0.2, -0.15) is 0 Å². The van der Waals surface area contributed by atoms with Gasteiger partial charge in [-0.15, -0.1) is 0 Å². The second kappa shape index (κ2) is 9.94. The monoisotopic (exact) mass is 497 g/mol. The third-order valence-electron chi connectivity index (χ3n) is 6.68. The minimum Gasteiger partial charge on any atom is -0.465 e. The molecule has 4 rings (SSSR count). The largest absolute Gasteiger partial charge is 0.465 e. The number of nitrogens with zero attached hydrogens (tertiary/aromatic N) is 5.